The van der Waals surface area contributed by atoms with Gasteiger partial charge in [-0.05, 0) is 51.5 Å². The Balaban J connectivity index is 1.34. The summed E-state index contributed by atoms with van der Waals surface area (Å²) in [5, 5.41) is 11.7. The second kappa shape index (κ2) is 9.35. The van der Waals surface area contributed by atoms with Crippen molar-refractivity contribution in [2.45, 2.75) is 39.3 Å². The standard InChI is InChI=1S/C28H31N3O5/c1-28(2,3)36-27(34)31-12-6-11-30(13-14-31)17-21-23(32)10-9-20-25(33)24(35-26(20)21)15-18-16-29-22-8-5-4-7-19(18)22/h4-5,7-10,15-16,29,32H,6,11-14,17H2,1-3H3. The summed E-state index contributed by atoms with van der Waals surface area (Å²) in [6, 6.07) is 11.0. The molecule has 0 saturated carbocycles. The van der Waals surface area contributed by atoms with Crippen LogP contribution in [0.15, 0.2) is 48.4 Å². The molecule has 3 aromatic rings. The molecule has 0 bridgehead atoms. The number of carbonyl (C=O) groups excluding carboxylic acids is 2. The lowest BCUT2D eigenvalue weighted by Crippen LogP contribution is -2.39. The number of aromatic nitrogens is 1. The molecule has 0 spiro atoms. The van der Waals surface area contributed by atoms with Crippen LogP contribution in [0.5, 0.6) is 11.5 Å². The van der Waals surface area contributed by atoms with Gasteiger partial charge in [-0.15, -0.1) is 0 Å². The highest BCUT2D eigenvalue weighted by Gasteiger charge is 2.32. The molecule has 0 radical (unpaired) electrons. The molecule has 1 saturated heterocycles. The van der Waals surface area contributed by atoms with Gasteiger partial charge in [0.1, 0.15) is 17.1 Å². The summed E-state index contributed by atoms with van der Waals surface area (Å²) in [6.45, 7) is 8.48. The van der Waals surface area contributed by atoms with Gasteiger partial charge in [0.05, 0.1) is 11.1 Å². The molecule has 5 rings (SSSR count). The minimum Gasteiger partial charge on any atom is -0.507 e. The number of fused-ring (bicyclic) bond motifs is 2. The number of para-hydroxylation sites is 1. The Hall–Kier alpha value is -3.78. The molecule has 1 fully saturated rings. The lowest BCUT2D eigenvalue weighted by molar-refractivity contribution is 0.0257. The number of hydrogen-bond acceptors (Lipinski definition) is 6. The highest BCUT2D eigenvalue weighted by molar-refractivity contribution is 6.15. The number of ether oxygens (including phenoxy) is 2. The lowest BCUT2D eigenvalue weighted by atomic mass is 10.0. The van der Waals surface area contributed by atoms with Gasteiger partial charge in [-0.2, -0.15) is 0 Å². The second-order valence-corrected chi connectivity index (χ2v) is 10.3. The number of Topliss-reactive ketones (excluding diaryl/α,β-unsaturated/α-hetero) is 1. The molecule has 2 aliphatic heterocycles. The van der Waals surface area contributed by atoms with E-state index in [0.29, 0.717) is 43.1 Å². The third-order valence-corrected chi connectivity index (χ3v) is 6.45. The maximum Gasteiger partial charge on any atom is 0.410 e. The Morgan fingerprint density at radius 2 is 1.94 bits per heavy atom. The molecule has 3 heterocycles. The zero-order chi connectivity index (χ0) is 25.4. The Morgan fingerprint density at radius 1 is 1.14 bits per heavy atom. The average Bonchev–Trinajstić information content (AvgIpc) is 3.27. The molecule has 2 aliphatic rings. The number of H-pyrrole nitrogens is 1. The molecule has 2 N–H and O–H groups in total. The van der Waals surface area contributed by atoms with Crippen LogP contribution in [0, 0.1) is 0 Å². The van der Waals surface area contributed by atoms with E-state index in [1.165, 1.54) is 0 Å². The summed E-state index contributed by atoms with van der Waals surface area (Å²) in [5.41, 5.74) is 2.32. The largest absolute Gasteiger partial charge is 0.507 e. The smallest absolute Gasteiger partial charge is 0.410 e. The van der Waals surface area contributed by atoms with E-state index in [1.807, 2.05) is 51.2 Å². The number of allylic oxidation sites excluding steroid dienone is 1. The summed E-state index contributed by atoms with van der Waals surface area (Å²) < 4.78 is 11.6. The second-order valence-electron chi connectivity index (χ2n) is 10.3. The first kappa shape index (κ1) is 23.9. The van der Waals surface area contributed by atoms with Gasteiger partial charge in [-0.1, -0.05) is 18.2 Å². The Labute approximate surface area is 210 Å². The van der Waals surface area contributed by atoms with Gasteiger partial charge >= 0.3 is 6.09 Å². The minimum atomic E-state index is -0.540. The minimum absolute atomic E-state index is 0.0862. The van der Waals surface area contributed by atoms with Gasteiger partial charge in [0.2, 0.25) is 5.78 Å². The molecule has 2 aromatic carbocycles. The van der Waals surface area contributed by atoms with E-state index >= 15 is 0 Å². The maximum absolute atomic E-state index is 13.1. The van der Waals surface area contributed by atoms with Crippen molar-refractivity contribution in [3.8, 4) is 11.5 Å². The maximum atomic E-state index is 13.1. The lowest BCUT2D eigenvalue weighted by Gasteiger charge is -2.26. The predicted octanol–water partition coefficient (Wildman–Crippen LogP) is 4.93. The van der Waals surface area contributed by atoms with Crippen LogP contribution in [0.2, 0.25) is 0 Å². The fourth-order valence-electron chi connectivity index (χ4n) is 4.67. The molecule has 36 heavy (non-hydrogen) atoms. The fraction of sp³-hybridized carbons (Fsp3) is 0.357. The number of phenols is 1. The van der Waals surface area contributed by atoms with Crippen LogP contribution < -0.4 is 4.74 Å². The van der Waals surface area contributed by atoms with Crippen LogP contribution in [-0.2, 0) is 11.3 Å². The summed E-state index contributed by atoms with van der Waals surface area (Å²) in [6.07, 6.45) is 4.06. The van der Waals surface area contributed by atoms with E-state index in [9.17, 15) is 14.7 Å². The molecule has 1 amide bonds. The molecule has 1 aromatic heterocycles. The van der Waals surface area contributed by atoms with Gasteiger partial charge < -0.3 is 24.5 Å². The number of carbonyl (C=O) groups is 2. The number of ketones is 1. The first-order chi connectivity index (χ1) is 17.2. The third-order valence-electron chi connectivity index (χ3n) is 6.45. The van der Waals surface area contributed by atoms with Crippen molar-refractivity contribution in [2.75, 3.05) is 26.2 Å². The molecular weight excluding hydrogens is 458 g/mol. The molecule has 0 atom stereocenters. The van der Waals surface area contributed by atoms with Crippen molar-refractivity contribution in [1.29, 1.82) is 0 Å². The first-order valence-electron chi connectivity index (χ1n) is 12.2. The normalized spacial score (nSPS) is 17.8. The van der Waals surface area contributed by atoms with Crippen molar-refractivity contribution < 1.29 is 24.2 Å². The van der Waals surface area contributed by atoms with Crippen molar-refractivity contribution in [3.05, 3.63) is 65.0 Å². The zero-order valence-electron chi connectivity index (χ0n) is 20.8. The van der Waals surface area contributed by atoms with Gasteiger partial charge in [-0.25, -0.2) is 4.79 Å². The summed E-state index contributed by atoms with van der Waals surface area (Å²) in [4.78, 5) is 32.7. The predicted molar refractivity (Wildman–Crippen MR) is 137 cm³/mol. The van der Waals surface area contributed by atoms with Crippen LogP contribution in [-0.4, -0.2) is 63.5 Å². The first-order valence-corrected chi connectivity index (χ1v) is 12.2. The SMILES string of the molecule is CC(C)(C)OC(=O)N1CCCN(Cc2c(O)ccc3c2OC(=Cc2c[nH]c4ccccc24)C3=O)CC1. The number of rotatable bonds is 3. The van der Waals surface area contributed by atoms with E-state index in [0.717, 1.165) is 29.4 Å². The molecule has 188 valence electrons. The third kappa shape index (κ3) is 4.81. The van der Waals surface area contributed by atoms with Gasteiger partial charge in [0.15, 0.2) is 5.76 Å². The summed E-state index contributed by atoms with van der Waals surface area (Å²) in [7, 11) is 0. The van der Waals surface area contributed by atoms with Crippen LogP contribution in [0.3, 0.4) is 0 Å². The average molecular weight is 490 g/mol. The fourth-order valence-corrected chi connectivity index (χ4v) is 4.67. The number of nitrogens with zero attached hydrogens (tertiary/aromatic N) is 2. The van der Waals surface area contributed by atoms with Gasteiger partial charge in [0, 0.05) is 55.4 Å². The number of phenolic OH excluding ortho intramolecular Hbond substituents is 1. The Morgan fingerprint density at radius 3 is 2.75 bits per heavy atom. The number of aromatic amines is 1. The molecule has 0 aliphatic carbocycles. The topological polar surface area (TPSA) is 95.1 Å². The van der Waals surface area contributed by atoms with Crippen molar-refractivity contribution >= 4 is 28.9 Å². The molecule has 8 heteroatoms. The van der Waals surface area contributed by atoms with Crippen LogP contribution in [0.1, 0.15) is 48.7 Å². The number of amides is 1. The van der Waals surface area contributed by atoms with Gasteiger partial charge in [0.25, 0.3) is 0 Å². The number of nitrogens with one attached hydrogen (secondary N) is 1. The molecule has 0 unspecified atom stereocenters. The Bertz CT molecular complexity index is 1350. The summed E-state index contributed by atoms with van der Waals surface area (Å²) in [5.74, 6) is 0.513. The quantitative estimate of drug-likeness (QED) is 0.507. The monoisotopic (exact) mass is 489 g/mol. The van der Waals surface area contributed by atoms with Gasteiger partial charge in [-0.3, -0.25) is 9.69 Å². The van der Waals surface area contributed by atoms with E-state index in [4.69, 9.17) is 9.47 Å². The van der Waals surface area contributed by atoms with Crippen LogP contribution in [0.4, 0.5) is 4.79 Å². The van der Waals surface area contributed by atoms with Crippen molar-refractivity contribution in [3.63, 3.8) is 0 Å². The summed E-state index contributed by atoms with van der Waals surface area (Å²) >= 11 is 0. The molecule has 8 nitrogen and oxygen atoms in total. The number of hydrogen-bond donors (Lipinski definition) is 2. The van der Waals surface area contributed by atoms with Crippen molar-refractivity contribution in [2.24, 2.45) is 0 Å². The highest BCUT2D eigenvalue weighted by Crippen LogP contribution is 2.40. The van der Waals surface area contributed by atoms with Crippen molar-refractivity contribution in [1.82, 2.24) is 14.8 Å². The van der Waals surface area contributed by atoms with E-state index in [2.05, 4.69) is 9.88 Å². The number of benzene rings is 2. The number of aromatic hydroxyl groups is 1. The van der Waals surface area contributed by atoms with E-state index in [1.54, 1.807) is 23.1 Å². The van der Waals surface area contributed by atoms with E-state index < -0.39 is 5.60 Å². The Kier molecular flexibility index (Phi) is 6.22. The highest BCUT2D eigenvalue weighted by atomic mass is 16.6. The van der Waals surface area contributed by atoms with Crippen LogP contribution >= 0.6 is 0 Å². The van der Waals surface area contributed by atoms with Crippen LogP contribution in [0.25, 0.3) is 17.0 Å². The molecular formula is C28H31N3O5. The van der Waals surface area contributed by atoms with E-state index in [-0.39, 0.29) is 23.4 Å². The zero-order valence-corrected chi connectivity index (χ0v) is 20.8.